The maximum Gasteiger partial charge on any atom is 0.303 e. The Labute approximate surface area is 164 Å². The van der Waals surface area contributed by atoms with Crippen LogP contribution in [0.3, 0.4) is 0 Å². The quantitative estimate of drug-likeness (QED) is 0.505. The Morgan fingerprint density at radius 3 is 2.79 bits per heavy atom. The van der Waals surface area contributed by atoms with Crippen molar-refractivity contribution in [1.82, 2.24) is 4.98 Å². The number of carboxylic acids is 1. The van der Waals surface area contributed by atoms with Crippen LogP contribution < -0.4 is 10.5 Å². The number of ether oxygens (including phenoxy) is 1. The standard InChI is InChI=1S/C23H26N2O3/c24-20-12-16(5-8-22(26)27)11-19(23(20)28-14-15-3-1-2-4-15)17-6-7-21-18(13-17)9-10-25-21/h6-7,9-13,15,25H,1-5,8,14,24H2,(H,26,27). The molecular formula is C23H26N2O3. The van der Waals surface area contributed by atoms with Crippen molar-refractivity contribution in [2.45, 2.75) is 38.5 Å². The minimum absolute atomic E-state index is 0.0814. The van der Waals surface area contributed by atoms with E-state index < -0.39 is 5.97 Å². The largest absolute Gasteiger partial charge is 0.490 e. The molecule has 1 aliphatic rings. The summed E-state index contributed by atoms with van der Waals surface area (Å²) in [5, 5.41) is 10.1. The van der Waals surface area contributed by atoms with Gasteiger partial charge in [0.1, 0.15) is 5.75 Å². The van der Waals surface area contributed by atoms with Crippen molar-refractivity contribution in [2.24, 2.45) is 5.92 Å². The Hall–Kier alpha value is -2.95. The SMILES string of the molecule is Nc1cc(CCC(=O)O)cc(-c2ccc3[nH]ccc3c2)c1OCC1CCCC1. The van der Waals surface area contributed by atoms with Gasteiger partial charge in [0.15, 0.2) is 0 Å². The highest BCUT2D eigenvalue weighted by molar-refractivity contribution is 5.88. The maximum absolute atomic E-state index is 11.0. The zero-order valence-corrected chi connectivity index (χ0v) is 15.9. The number of aryl methyl sites for hydroxylation is 1. The van der Waals surface area contributed by atoms with Crippen molar-refractivity contribution in [3.05, 3.63) is 48.2 Å². The van der Waals surface area contributed by atoms with E-state index in [1.807, 2.05) is 30.5 Å². The van der Waals surface area contributed by atoms with Crippen LogP contribution in [0.15, 0.2) is 42.6 Å². The smallest absolute Gasteiger partial charge is 0.303 e. The summed E-state index contributed by atoms with van der Waals surface area (Å²) < 4.78 is 6.23. The van der Waals surface area contributed by atoms with Crippen LogP contribution in [0.25, 0.3) is 22.0 Å². The van der Waals surface area contributed by atoms with E-state index in [0.29, 0.717) is 30.4 Å². The van der Waals surface area contributed by atoms with Crippen LogP contribution in [-0.2, 0) is 11.2 Å². The van der Waals surface area contributed by atoms with Crippen molar-refractivity contribution in [3.8, 4) is 16.9 Å². The van der Waals surface area contributed by atoms with Gasteiger partial charge in [0.2, 0.25) is 0 Å². The van der Waals surface area contributed by atoms with E-state index in [4.69, 9.17) is 15.6 Å². The zero-order valence-electron chi connectivity index (χ0n) is 15.9. The number of carboxylic acid groups (broad SMARTS) is 1. The number of carbonyl (C=O) groups is 1. The first-order valence-corrected chi connectivity index (χ1v) is 9.94. The molecule has 5 nitrogen and oxygen atoms in total. The molecule has 5 heteroatoms. The molecule has 0 unspecified atom stereocenters. The predicted molar refractivity (Wildman–Crippen MR) is 112 cm³/mol. The van der Waals surface area contributed by atoms with Gasteiger partial charge in [0, 0.05) is 23.7 Å². The van der Waals surface area contributed by atoms with Crippen LogP contribution in [0.2, 0.25) is 0 Å². The Kier molecular flexibility index (Phi) is 5.24. The lowest BCUT2D eigenvalue weighted by Gasteiger charge is -2.18. The highest BCUT2D eigenvalue weighted by Crippen LogP contribution is 2.39. The minimum atomic E-state index is -0.810. The predicted octanol–water partition coefficient (Wildman–Crippen LogP) is 5.00. The molecule has 2 aromatic carbocycles. The average Bonchev–Trinajstić information content (AvgIpc) is 3.36. The molecule has 1 saturated carbocycles. The molecular weight excluding hydrogens is 352 g/mol. The Balaban J connectivity index is 1.70. The summed E-state index contributed by atoms with van der Waals surface area (Å²) >= 11 is 0. The number of nitrogens with two attached hydrogens (primary N) is 1. The highest BCUT2D eigenvalue weighted by Gasteiger charge is 2.19. The summed E-state index contributed by atoms with van der Waals surface area (Å²) in [4.78, 5) is 14.2. The summed E-state index contributed by atoms with van der Waals surface area (Å²) in [5.41, 5.74) is 10.9. The van der Waals surface area contributed by atoms with Crippen molar-refractivity contribution in [2.75, 3.05) is 12.3 Å². The average molecular weight is 378 g/mol. The second-order valence-corrected chi connectivity index (χ2v) is 7.70. The van der Waals surface area contributed by atoms with Gasteiger partial charge in [-0.25, -0.2) is 0 Å². The van der Waals surface area contributed by atoms with Crippen LogP contribution in [0, 0.1) is 5.92 Å². The van der Waals surface area contributed by atoms with Gasteiger partial charge in [0.05, 0.1) is 12.3 Å². The monoisotopic (exact) mass is 378 g/mol. The van der Waals surface area contributed by atoms with Crippen LogP contribution >= 0.6 is 0 Å². The Bertz CT molecular complexity index is 987. The van der Waals surface area contributed by atoms with Crippen LogP contribution in [0.5, 0.6) is 5.75 Å². The number of rotatable bonds is 7. The number of nitrogen functional groups attached to an aromatic ring is 1. The summed E-state index contributed by atoms with van der Waals surface area (Å²) in [6.07, 6.45) is 7.41. The molecule has 0 atom stereocenters. The first kappa shape index (κ1) is 18.4. The van der Waals surface area contributed by atoms with E-state index in [1.165, 1.54) is 25.7 Å². The third-order valence-electron chi connectivity index (χ3n) is 5.61. The lowest BCUT2D eigenvalue weighted by atomic mass is 9.97. The van der Waals surface area contributed by atoms with E-state index in [9.17, 15) is 4.79 Å². The number of aromatic nitrogens is 1. The van der Waals surface area contributed by atoms with Crippen LogP contribution in [0.1, 0.15) is 37.7 Å². The zero-order chi connectivity index (χ0) is 19.5. The van der Waals surface area contributed by atoms with Gasteiger partial charge in [-0.15, -0.1) is 0 Å². The number of anilines is 1. The maximum atomic E-state index is 11.0. The lowest BCUT2D eigenvalue weighted by molar-refractivity contribution is -0.136. The Morgan fingerprint density at radius 2 is 2.00 bits per heavy atom. The molecule has 0 bridgehead atoms. The van der Waals surface area contributed by atoms with Gasteiger partial charge in [-0.2, -0.15) is 0 Å². The number of hydrogen-bond acceptors (Lipinski definition) is 3. The van der Waals surface area contributed by atoms with Gasteiger partial charge in [0.25, 0.3) is 0 Å². The molecule has 0 saturated heterocycles. The minimum Gasteiger partial charge on any atom is -0.490 e. The fraction of sp³-hybridized carbons (Fsp3) is 0.348. The molecule has 146 valence electrons. The number of fused-ring (bicyclic) bond motifs is 1. The van der Waals surface area contributed by atoms with Crippen molar-refractivity contribution < 1.29 is 14.6 Å². The van der Waals surface area contributed by atoms with Crippen molar-refractivity contribution in [1.29, 1.82) is 0 Å². The van der Waals surface area contributed by atoms with E-state index in [1.54, 1.807) is 0 Å². The number of aromatic amines is 1. The molecule has 28 heavy (non-hydrogen) atoms. The molecule has 4 N–H and O–H groups in total. The van der Waals surface area contributed by atoms with E-state index in [0.717, 1.165) is 27.6 Å². The second kappa shape index (κ2) is 7.97. The summed E-state index contributed by atoms with van der Waals surface area (Å²) in [5.74, 6) is 0.488. The second-order valence-electron chi connectivity index (χ2n) is 7.70. The van der Waals surface area contributed by atoms with Gasteiger partial charge in [-0.3, -0.25) is 4.79 Å². The van der Waals surface area contributed by atoms with Crippen LogP contribution in [0.4, 0.5) is 5.69 Å². The van der Waals surface area contributed by atoms with Gasteiger partial charge in [-0.05, 0) is 72.0 Å². The van der Waals surface area contributed by atoms with Crippen molar-refractivity contribution >= 4 is 22.6 Å². The highest BCUT2D eigenvalue weighted by atomic mass is 16.5. The number of nitrogens with one attached hydrogen (secondary N) is 1. The third kappa shape index (κ3) is 3.98. The number of H-pyrrole nitrogens is 1. The fourth-order valence-corrected chi connectivity index (χ4v) is 4.08. The number of hydrogen-bond donors (Lipinski definition) is 3. The Morgan fingerprint density at radius 1 is 1.18 bits per heavy atom. The van der Waals surface area contributed by atoms with Crippen LogP contribution in [-0.4, -0.2) is 22.7 Å². The molecule has 0 spiro atoms. The molecule has 3 aromatic rings. The summed E-state index contributed by atoms with van der Waals surface area (Å²) in [6.45, 7) is 0.679. The van der Waals surface area contributed by atoms with Gasteiger partial charge in [-0.1, -0.05) is 18.9 Å². The molecule has 1 heterocycles. The van der Waals surface area contributed by atoms with E-state index in [-0.39, 0.29) is 6.42 Å². The first-order valence-electron chi connectivity index (χ1n) is 9.94. The molecule has 4 rings (SSSR count). The van der Waals surface area contributed by atoms with E-state index in [2.05, 4.69) is 17.1 Å². The number of aliphatic carboxylic acids is 1. The molecule has 0 aliphatic heterocycles. The normalized spacial score (nSPS) is 14.6. The molecule has 0 amide bonds. The molecule has 1 aliphatic carbocycles. The third-order valence-corrected chi connectivity index (χ3v) is 5.61. The van der Waals surface area contributed by atoms with Gasteiger partial charge < -0.3 is 20.6 Å². The first-order chi connectivity index (χ1) is 13.6. The molecule has 1 fully saturated rings. The fourth-order valence-electron chi connectivity index (χ4n) is 4.08. The topological polar surface area (TPSA) is 88.3 Å². The molecule has 0 radical (unpaired) electrons. The van der Waals surface area contributed by atoms with E-state index >= 15 is 0 Å². The lowest BCUT2D eigenvalue weighted by Crippen LogP contribution is -2.10. The summed E-state index contributed by atoms with van der Waals surface area (Å²) in [7, 11) is 0. The van der Waals surface area contributed by atoms with Crippen molar-refractivity contribution in [3.63, 3.8) is 0 Å². The number of benzene rings is 2. The molecule has 1 aromatic heterocycles. The summed E-state index contributed by atoms with van der Waals surface area (Å²) in [6, 6.07) is 12.1. The van der Waals surface area contributed by atoms with Gasteiger partial charge >= 0.3 is 5.97 Å².